The molecule has 0 heterocycles. The van der Waals surface area contributed by atoms with Crippen molar-refractivity contribution in [1.82, 2.24) is 0 Å². The second kappa shape index (κ2) is 7.33. The van der Waals surface area contributed by atoms with E-state index in [2.05, 4.69) is 46.4 Å². The van der Waals surface area contributed by atoms with Gasteiger partial charge in [0.05, 0.1) is 0 Å². The SMILES string of the molecule is Cc1ccc(NCCCCCC(=O)O)c(Br)c1. The molecule has 0 unspecified atom stereocenters. The average Bonchev–Trinajstić information content (AvgIpc) is 2.25. The van der Waals surface area contributed by atoms with Crippen LogP contribution in [-0.2, 0) is 4.79 Å². The molecule has 0 bridgehead atoms. The van der Waals surface area contributed by atoms with Crippen LogP contribution in [0.5, 0.6) is 0 Å². The molecule has 0 saturated carbocycles. The highest BCUT2D eigenvalue weighted by Crippen LogP contribution is 2.23. The van der Waals surface area contributed by atoms with E-state index in [1.54, 1.807) is 0 Å². The van der Waals surface area contributed by atoms with Crippen molar-refractivity contribution >= 4 is 27.6 Å². The number of hydrogen-bond donors (Lipinski definition) is 2. The number of anilines is 1. The minimum absolute atomic E-state index is 0.272. The third kappa shape index (κ3) is 5.73. The molecule has 94 valence electrons. The van der Waals surface area contributed by atoms with Gasteiger partial charge in [-0.2, -0.15) is 0 Å². The molecule has 0 fully saturated rings. The van der Waals surface area contributed by atoms with E-state index >= 15 is 0 Å². The second-order valence-corrected chi connectivity index (χ2v) is 4.97. The summed E-state index contributed by atoms with van der Waals surface area (Å²) >= 11 is 3.51. The fourth-order valence-corrected chi connectivity index (χ4v) is 2.20. The minimum Gasteiger partial charge on any atom is -0.481 e. The molecule has 0 aliphatic heterocycles. The van der Waals surface area contributed by atoms with Crippen molar-refractivity contribution in [2.75, 3.05) is 11.9 Å². The number of aliphatic carboxylic acids is 1. The fraction of sp³-hybridized carbons (Fsp3) is 0.462. The third-order valence-corrected chi connectivity index (χ3v) is 3.16. The lowest BCUT2D eigenvalue weighted by molar-refractivity contribution is -0.137. The lowest BCUT2D eigenvalue weighted by Crippen LogP contribution is -2.02. The van der Waals surface area contributed by atoms with Gasteiger partial charge in [0.25, 0.3) is 0 Å². The van der Waals surface area contributed by atoms with E-state index in [1.807, 2.05) is 0 Å². The normalized spacial score (nSPS) is 10.2. The van der Waals surface area contributed by atoms with Crippen molar-refractivity contribution < 1.29 is 9.90 Å². The number of benzene rings is 1. The maximum atomic E-state index is 10.3. The molecule has 0 saturated heterocycles. The zero-order valence-electron chi connectivity index (χ0n) is 10.0. The maximum absolute atomic E-state index is 10.3. The summed E-state index contributed by atoms with van der Waals surface area (Å²) < 4.78 is 1.07. The highest BCUT2D eigenvalue weighted by molar-refractivity contribution is 9.10. The predicted octanol–water partition coefficient (Wildman–Crippen LogP) is 3.81. The molecule has 2 N–H and O–H groups in total. The predicted molar refractivity (Wildman–Crippen MR) is 73.5 cm³/mol. The average molecular weight is 300 g/mol. The molecule has 1 rings (SSSR count). The number of aryl methyl sites for hydroxylation is 1. The van der Waals surface area contributed by atoms with Crippen molar-refractivity contribution in [2.45, 2.75) is 32.6 Å². The van der Waals surface area contributed by atoms with E-state index in [0.29, 0.717) is 0 Å². The van der Waals surface area contributed by atoms with Crippen LogP contribution in [0.15, 0.2) is 22.7 Å². The van der Waals surface area contributed by atoms with Gasteiger partial charge >= 0.3 is 5.97 Å². The van der Waals surface area contributed by atoms with Crippen molar-refractivity contribution in [3.8, 4) is 0 Å². The Balaban J connectivity index is 2.20. The molecule has 0 aliphatic carbocycles. The van der Waals surface area contributed by atoms with Crippen LogP contribution in [0, 0.1) is 6.92 Å². The van der Waals surface area contributed by atoms with Crippen LogP contribution in [0.25, 0.3) is 0 Å². The highest BCUT2D eigenvalue weighted by Gasteiger charge is 1.99. The largest absolute Gasteiger partial charge is 0.481 e. The molecule has 17 heavy (non-hydrogen) atoms. The molecule has 0 aliphatic rings. The van der Waals surface area contributed by atoms with Gasteiger partial charge in [-0.05, 0) is 53.4 Å². The van der Waals surface area contributed by atoms with Gasteiger partial charge in [-0.25, -0.2) is 0 Å². The number of unbranched alkanes of at least 4 members (excludes halogenated alkanes) is 2. The zero-order chi connectivity index (χ0) is 12.7. The Bertz CT molecular complexity index is 380. The molecule has 0 atom stereocenters. The number of hydrogen-bond acceptors (Lipinski definition) is 2. The van der Waals surface area contributed by atoms with E-state index in [1.165, 1.54) is 5.56 Å². The number of rotatable bonds is 7. The van der Waals surface area contributed by atoms with Crippen LogP contribution in [0.1, 0.15) is 31.2 Å². The van der Waals surface area contributed by atoms with Crippen molar-refractivity contribution in [3.05, 3.63) is 28.2 Å². The van der Waals surface area contributed by atoms with E-state index in [9.17, 15) is 4.79 Å². The number of nitrogens with one attached hydrogen (secondary N) is 1. The first-order valence-electron chi connectivity index (χ1n) is 5.81. The van der Waals surface area contributed by atoms with Gasteiger partial charge in [-0.1, -0.05) is 12.5 Å². The number of halogens is 1. The Morgan fingerprint density at radius 3 is 2.76 bits per heavy atom. The Labute approximate surface area is 110 Å². The molecule has 0 amide bonds. The monoisotopic (exact) mass is 299 g/mol. The van der Waals surface area contributed by atoms with Gasteiger partial charge in [-0.3, -0.25) is 4.79 Å². The van der Waals surface area contributed by atoms with Crippen molar-refractivity contribution in [3.63, 3.8) is 0 Å². The number of carbonyl (C=O) groups is 1. The summed E-state index contributed by atoms with van der Waals surface area (Å²) in [6, 6.07) is 6.20. The van der Waals surface area contributed by atoms with Crippen LogP contribution in [0.2, 0.25) is 0 Å². The van der Waals surface area contributed by atoms with E-state index < -0.39 is 5.97 Å². The van der Waals surface area contributed by atoms with Gasteiger partial charge in [0, 0.05) is 23.1 Å². The van der Waals surface area contributed by atoms with Gasteiger partial charge < -0.3 is 10.4 Å². The fourth-order valence-electron chi connectivity index (χ4n) is 1.56. The summed E-state index contributed by atoms with van der Waals surface area (Å²) in [4.78, 5) is 10.3. The van der Waals surface area contributed by atoms with Crippen LogP contribution >= 0.6 is 15.9 Å². The topological polar surface area (TPSA) is 49.3 Å². The molecular formula is C13H18BrNO2. The first kappa shape index (κ1) is 14.0. The van der Waals surface area contributed by atoms with E-state index in [4.69, 9.17) is 5.11 Å². The first-order chi connectivity index (χ1) is 8.09. The molecule has 1 aromatic carbocycles. The molecule has 4 heteroatoms. The number of carboxylic acid groups (broad SMARTS) is 1. The number of carboxylic acids is 1. The quantitative estimate of drug-likeness (QED) is 0.753. The van der Waals surface area contributed by atoms with Crippen LogP contribution in [0.4, 0.5) is 5.69 Å². The van der Waals surface area contributed by atoms with Gasteiger partial charge in [0.2, 0.25) is 0 Å². The first-order valence-corrected chi connectivity index (χ1v) is 6.60. The zero-order valence-corrected chi connectivity index (χ0v) is 11.6. The maximum Gasteiger partial charge on any atom is 0.303 e. The van der Waals surface area contributed by atoms with Gasteiger partial charge in [-0.15, -0.1) is 0 Å². The van der Waals surface area contributed by atoms with Crippen molar-refractivity contribution in [2.24, 2.45) is 0 Å². The van der Waals surface area contributed by atoms with Crippen LogP contribution in [-0.4, -0.2) is 17.6 Å². The lowest BCUT2D eigenvalue weighted by Gasteiger charge is -2.08. The smallest absolute Gasteiger partial charge is 0.303 e. The van der Waals surface area contributed by atoms with Gasteiger partial charge in [0.1, 0.15) is 0 Å². The summed E-state index contributed by atoms with van der Waals surface area (Å²) in [5.41, 5.74) is 2.32. The van der Waals surface area contributed by atoms with Crippen LogP contribution < -0.4 is 5.32 Å². The summed E-state index contributed by atoms with van der Waals surface area (Å²) in [6.07, 6.45) is 2.97. The molecular weight excluding hydrogens is 282 g/mol. The Kier molecular flexibility index (Phi) is 6.05. The molecule has 0 spiro atoms. The molecule has 0 aromatic heterocycles. The standard InChI is InChI=1S/C13H18BrNO2/c1-10-6-7-12(11(14)9-10)15-8-4-2-3-5-13(16)17/h6-7,9,15H,2-5,8H2,1H3,(H,16,17). The van der Waals surface area contributed by atoms with Crippen LogP contribution in [0.3, 0.4) is 0 Å². The third-order valence-electron chi connectivity index (χ3n) is 2.51. The van der Waals surface area contributed by atoms with E-state index in [0.717, 1.165) is 36.0 Å². The van der Waals surface area contributed by atoms with Crippen molar-refractivity contribution in [1.29, 1.82) is 0 Å². The summed E-state index contributed by atoms with van der Waals surface area (Å²) in [6.45, 7) is 2.93. The Morgan fingerprint density at radius 1 is 1.35 bits per heavy atom. The summed E-state index contributed by atoms with van der Waals surface area (Å²) in [5, 5.41) is 11.8. The molecule has 3 nitrogen and oxygen atoms in total. The highest BCUT2D eigenvalue weighted by atomic mass is 79.9. The summed E-state index contributed by atoms with van der Waals surface area (Å²) in [7, 11) is 0. The second-order valence-electron chi connectivity index (χ2n) is 4.11. The molecule has 1 aromatic rings. The Hall–Kier alpha value is -1.03. The molecule has 0 radical (unpaired) electrons. The Morgan fingerprint density at radius 2 is 2.12 bits per heavy atom. The summed E-state index contributed by atoms with van der Waals surface area (Å²) in [5.74, 6) is -0.709. The van der Waals surface area contributed by atoms with E-state index in [-0.39, 0.29) is 6.42 Å². The lowest BCUT2D eigenvalue weighted by atomic mass is 10.2. The minimum atomic E-state index is -0.709. The van der Waals surface area contributed by atoms with Gasteiger partial charge in [0.15, 0.2) is 0 Å².